The van der Waals surface area contributed by atoms with Gasteiger partial charge in [-0.1, -0.05) is 36.8 Å². The smallest absolute Gasteiger partial charge is 0.0544 e. The first-order chi connectivity index (χ1) is 8.79. The van der Waals surface area contributed by atoms with Gasteiger partial charge < -0.3 is 5.32 Å². The Morgan fingerprint density at radius 2 is 1.89 bits per heavy atom. The number of nitrogens with zero attached hydrogens (tertiary/aromatic N) is 2. The molecule has 0 saturated heterocycles. The minimum atomic E-state index is 0.299. The van der Waals surface area contributed by atoms with E-state index in [0.29, 0.717) is 6.04 Å². The molecule has 0 spiro atoms. The van der Waals surface area contributed by atoms with Crippen molar-refractivity contribution >= 4 is 0 Å². The Kier molecular flexibility index (Phi) is 4.42. The third-order valence-electron chi connectivity index (χ3n) is 3.02. The number of aromatic nitrogens is 2. The first-order valence-corrected chi connectivity index (χ1v) is 6.35. The van der Waals surface area contributed by atoms with Crippen LogP contribution >= 0.6 is 0 Å². The predicted molar refractivity (Wildman–Crippen MR) is 73.3 cm³/mol. The molecule has 0 aliphatic heterocycles. The molecule has 0 bridgehead atoms. The molecule has 1 N–H and O–H groups in total. The summed E-state index contributed by atoms with van der Waals surface area (Å²) in [4.78, 5) is 0. The van der Waals surface area contributed by atoms with Crippen molar-refractivity contribution in [3.63, 3.8) is 0 Å². The van der Waals surface area contributed by atoms with E-state index in [1.165, 1.54) is 16.7 Å². The van der Waals surface area contributed by atoms with Crippen molar-refractivity contribution in [2.45, 2.75) is 26.3 Å². The van der Waals surface area contributed by atoms with Crippen molar-refractivity contribution in [2.24, 2.45) is 0 Å². The number of benzene rings is 1. The summed E-state index contributed by atoms with van der Waals surface area (Å²) in [6.07, 6.45) is 4.55. The molecule has 3 heteroatoms. The Balaban J connectivity index is 2.14. The molecular weight excluding hydrogens is 222 g/mol. The van der Waals surface area contributed by atoms with Crippen LogP contribution in [0.5, 0.6) is 0 Å². The average molecular weight is 241 g/mol. The molecule has 1 aromatic carbocycles. The number of nitrogens with one attached hydrogen (secondary N) is 1. The summed E-state index contributed by atoms with van der Waals surface area (Å²) < 4.78 is 0. The number of aryl methyl sites for hydroxylation is 1. The zero-order chi connectivity index (χ0) is 12.8. The summed E-state index contributed by atoms with van der Waals surface area (Å²) in [6.45, 7) is 5.17. The maximum Gasteiger partial charge on any atom is 0.0544 e. The van der Waals surface area contributed by atoms with Gasteiger partial charge in [-0.05, 0) is 37.1 Å². The number of likely N-dealkylation sites (N-methyl/N-ethyl adjacent to an activating group) is 1. The molecule has 0 fully saturated rings. The lowest BCUT2D eigenvalue weighted by Crippen LogP contribution is -2.23. The lowest BCUT2D eigenvalue weighted by molar-refractivity contribution is 0.546. The largest absolute Gasteiger partial charge is 0.310 e. The lowest BCUT2D eigenvalue weighted by atomic mass is 10.00. The normalized spacial score (nSPS) is 12.3. The van der Waals surface area contributed by atoms with Crippen molar-refractivity contribution < 1.29 is 0 Å². The molecule has 0 aliphatic carbocycles. The Morgan fingerprint density at radius 3 is 2.50 bits per heavy atom. The predicted octanol–water partition coefficient (Wildman–Crippen LogP) is 2.68. The van der Waals surface area contributed by atoms with Crippen LogP contribution in [0, 0.1) is 6.92 Å². The van der Waals surface area contributed by atoms with Crippen molar-refractivity contribution in [1.82, 2.24) is 15.5 Å². The van der Waals surface area contributed by atoms with Gasteiger partial charge >= 0.3 is 0 Å². The molecule has 0 saturated carbocycles. The van der Waals surface area contributed by atoms with Crippen molar-refractivity contribution in [2.75, 3.05) is 6.54 Å². The standard InChI is InChI=1S/C15H19N3/c1-3-16-15(14-8-9-17-18-11-14)10-13-6-4-12(2)5-7-13/h4-9,11,15-16H,3,10H2,1-2H3. The number of hydrogen-bond donors (Lipinski definition) is 1. The lowest BCUT2D eigenvalue weighted by Gasteiger charge is -2.17. The SMILES string of the molecule is CCNC(Cc1ccc(C)cc1)c1ccnnc1. The van der Waals surface area contributed by atoms with E-state index in [1.54, 1.807) is 6.20 Å². The third-order valence-corrected chi connectivity index (χ3v) is 3.02. The van der Waals surface area contributed by atoms with E-state index >= 15 is 0 Å². The highest BCUT2D eigenvalue weighted by Crippen LogP contribution is 2.17. The van der Waals surface area contributed by atoms with Gasteiger partial charge in [-0.3, -0.25) is 0 Å². The molecule has 1 atom stereocenters. The van der Waals surface area contributed by atoms with Gasteiger partial charge in [0, 0.05) is 12.2 Å². The zero-order valence-corrected chi connectivity index (χ0v) is 10.9. The maximum absolute atomic E-state index is 3.95. The van der Waals surface area contributed by atoms with E-state index in [9.17, 15) is 0 Å². The summed E-state index contributed by atoms with van der Waals surface area (Å²) in [6, 6.07) is 11.0. The van der Waals surface area contributed by atoms with Crippen molar-refractivity contribution in [3.05, 3.63) is 59.4 Å². The highest BCUT2D eigenvalue weighted by Gasteiger charge is 2.11. The van der Waals surface area contributed by atoms with E-state index in [2.05, 4.69) is 53.6 Å². The quantitative estimate of drug-likeness (QED) is 0.874. The Morgan fingerprint density at radius 1 is 1.11 bits per heavy atom. The number of rotatable bonds is 5. The van der Waals surface area contributed by atoms with Crippen molar-refractivity contribution in [1.29, 1.82) is 0 Å². The molecule has 1 heterocycles. The topological polar surface area (TPSA) is 37.8 Å². The summed E-state index contributed by atoms with van der Waals surface area (Å²) in [7, 11) is 0. The van der Waals surface area contributed by atoms with Gasteiger partial charge in [0.05, 0.1) is 6.20 Å². The Hall–Kier alpha value is -1.74. The molecule has 18 heavy (non-hydrogen) atoms. The van der Waals surface area contributed by atoms with E-state index in [1.807, 2.05) is 12.3 Å². The van der Waals surface area contributed by atoms with Gasteiger partial charge in [-0.2, -0.15) is 10.2 Å². The molecule has 0 radical (unpaired) electrons. The molecule has 0 aliphatic rings. The minimum absolute atomic E-state index is 0.299. The minimum Gasteiger partial charge on any atom is -0.310 e. The second-order valence-corrected chi connectivity index (χ2v) is 4.48. The Bertz CT molecular complexity index is 465. The summed E-state index contributed by atoms with van der Waals surface area (Å²) in [5, 5.41) is 11.3. The van der Waals surface area contributed by atoms with Gasteiger partial charge in [0.15, 0.2) is 0 Å². The average Bonchev–Trinajstić information content (AvgIpc) is 2.42. The van der Waals surface area contributed by atoms with Gasteiger partial charge in [-0.25, -0.2) is 0 Å². The fourth-order valence-electron chi connectivity index (χ4n) is 2.02. The van der Waals surface area contributed by atoms with Crippen LogP contribution in [0.2, 0.25) is 0 Å². The van der Waals surface area contributed by atoms with Crippen LogP contribution in [0.3, 0.4) is 0 Å². The van der Waals surface area contributed by atoms with Crippen LogP contribution in [-0.2, 0) is 6.42 Å². The molecule has 0 amide bonds. The Labute approximate surface area is 108 Å². The maximum atomic E-state index is 3.95. The fourth-order valence-corrected chi connectivity index (χ4v) is 2.02. The van der Waals surface area contributed by atoms with Gasteiger partial charge in [0.25, 0.3) is 0 Å². The second kappa shape index (κ2) is 6.26. The van der Waals surface area contributed by atoms with Gasteiger partial charge in [0.1, 0.15) is 0 Å². The zero-order valence-electron chi connectivity index (χ0n) is 10.9. The number of hydrogen-bond acceptors (Lipinski definition) is 3. The molecule has 2 aromatic rings. The van der Waals surface area contributed by atoms with Crippen LogP contribution in [0.4, 0.5) is 0 Å². The van der Waals surface area contributed by atoms with Crippen LogP contribution in [-0.4, -0.2) is 16.7 Å². The first-order valence-electron chi connectivity index (χ1n) is 6.35. The van der Waals surface area contributed by atoms with Gasteiger partial charge in [-0.15, -0.1) is 0 Å². The second-order valence-electron chi connectivity index (χ2n) is 4.48. The highest BCUT2D eigenvalue weighted by atomic mass is 15.1. The van der Waals surface area contributed by atoms with Gasteiger partial charge in [0.2, 0.25) is 0 Å². The molecule has 1 aromatic heterocycles. The van der Waals surface area contributed by atoms with E-state index in [0.717, 1.165) is 13.0 Å². The van der Waals surface area contributed by atoms with E-state index < -0.39 is 0 Å². The van der Waals surface area contributed by atoms with E-state index in [-0.39, 0.29) is 0 Å². The summed E-state index contributed by atoms with van der Waals surface area (Å²) in [5.74, 6) is 0. The first kappa shape index (κ1) is 12.7. The third kappa shape index (κ3) is 3.37. The molecule has 3 nitrogen and oxygen atoms in total. The summed E-state index contributed by atoms with van der Waals surface area (Å²) >= 11 is 0. The van der Waals surface area contributed by atoms with Crippen LogP contribution < -0.4 is 5.32 Å². The van der Waals surface area contributed by atoms with E-state index in [4.69, 9.17) is 0 Å². The van der Waals surface area contributed by atoms with Crippen LogP contribution in [0.25, 0.3) is 0 Å². The molecule has 1 unspecified atom stereocenters. The van der Waals surface area contributed by atoms with Crippen molar-refractivity contribution in [3.8, 4) is 0 Å². The molecule has 2 rings (SSSR count). The van der Waals surface area contributed by atoms with Crippen LogP contribution in [0.15, 0.2) is 42.7 Å². The highest BCUT2D eigenvalue weighted by molar-refractivity contribution is 5.24. The molecular formula is C15H19N3. The fraction of sp³-hybridized carbons (Fsp3) is 0.333. The molecule has 94 valence electrons. The monoisotopic (exact) mass is 241 g/mol. The van der Waals surface area contributed by atoms with Crippen LogP contribution in [0.1, 0.15) is 29.7 Å². The summed E-state index contributed by atoms with van der Waals surface area (Å²) in [5.41, 5.74) is 3.82.